The van der Waals surface area contributed by atoms with Gasteiger partial charge in [-0.15, -0.1) is 0 Å². The molecule has 1 amide bonds. The van der Waals surface area contributed by atoms with Crippen LogP contribution in [0.4, 0.5) is 0 Å². The fraction of sp³-hybridized carbons (Fsp3) is 0.364. The van der Waals surface area contributed by atoms with Gasteiger partial charge in [0.15, 0.2) is 0 Å². The fourth-order valence-corrected chi connectivity index (χ4v) is 2.02. The number of hydrogen-bond acceptors (Lipinski definition) is 4. The van der Waals surface area contributed by atoms with Crippen molar-refractivity contribution in [1.82, 2.24) is 5.32 Å². The molecule has 0 spiro atoms. The molecule has 1 aliphatic heterocycles. The topological polar surface area (TPSA) is 78.8 Å². The monoisotopic (exact) mass is 235 g/mol. The van der Waals surface area contributed by atoms with Gasteiger partial charge in [-0.1, -0.05) is 6.07 Å². The Morgan fingerprint density at radius 1 is 1.59 bits per heavy atom. The summed E-state index contributed by atoms with van der Waals surface area (Å²) in [4.78, 5) is 11.8. The van der Waals surface area contributed by atoms with Gasteiger partial charge in [0, 0.05) is 12.1 Å². The van der Waals surface area contributed by atoms with Gasteiger partial charge in [-0.25, -0.2) is 0 Å². The van der Waals surface area contributed by atoms with Gasteiger partial charge in [-0.3, -0.25) is 4.79 Å². The van der Waals surface area contributed by atoms with Crippen LogP contribution in [0.5, 0.6) is 0 Å². The number of nitrogens with one attached hydrogen (secondary N) is 1. The van der Waals surface area contributed by atoms with Crippen molar-refractivity contribution in [3.8, 4) is 0 Å². The Bertz CT molecular complexity index is 449. The minimum atomic E-state index is -0.949. The van der Waals surface area contributed by atoms with Crippen molar-refractivity contribution in [2.45, 2.75) is 13.5 Å². The van der Waals surface area contributed by atoms with Gasteiger partial charge in [-0.05, 0) is 29.6 Å². The van der Waals surface area contributed by atoms with Gasteiger partial charge in [0.25, 0.3) is 5.91 Å². The summed E-state index contributed by atoms with van der Waals surface area (Å²) in [5, 5.41) is 20.9. The van der Waals surface area contributed by atoms with E-state index in [0.717, 1.165) is 11.1 Å². The minimum Gasteiger partial charge on any atom is -0.423 e. The molecule has 6 heteroatoms. The van der Waals surface area contributed by atoms with Crippen LogP contribution in [0.15, 0.2) is 12.1 Å². The van der Waals surface area contributed by atoms with Crippen molar-refractivity contribution in [3.63, 3.8) is 0 Å². The average Bonchev–Trinajstić information content (AvgIpc) is 2.69. The molecule has 5 nitrogen and oxygen atoms in total. The first kappa shape index (κ1) is 12.1. The number of carbonyl (C=O) groups is 1. The summed E-state index contributed by atoms with van der Waals surface area (Å²) in [5.41, 5.74) is 2.82. The molecule has 1 heterocycles. The van der Waals surface area contributed by atoms with E-state index in [4.69, 9.17) is 9.76 Å². The molecule has 0 aromatic heterocycles. The number of hydrogen-bond donors (Lipinski definition) is 3. The van der Waals surface area contributed by atoms with Crippen LogP contribution in [-0.4, -0.2) is 36.3 Å². The highest BCUT2D eigenvalue weighted by molar-refractivity contribution is 6.62. The average molecular weight is 235 g/mol. The van der Waals surface area contributed by atoms with Gasteiger partial charge in [-0.2, -0.15) is 0 Å². The molecule has 0 atom stereocenters. The molecular weight excluding hydrogens is 221 g/mol. The van der Waals surface area contributed by atoms with Gasteiger partial charge < -0.3 is 20.1 Å². The van der Waals surface area contributed by atoms with Crippen molar-refractivity contribution < 1.29 is 19.6 Å². The highest BCUT2D eigenvalue weighted by atomic mass is 16.5. The number of fused-ring (bicyclic) bond motifs is 1. The van der Waals surface area contributed by atoms with Crippen LogP contribution >= 0.6 is 0 Å². The Balaban J connectivity index is 2.31. The Morgan fingerprint density at radius 2 is 2.35 bits per heavy atom. The second-order valence-corrected chi connectivity index (χ2v) is 3.95. The largest absolute Gasteiger partial charge is 0.492 e. The highest BCUT2D eigenvalue weighted by Gasteiger charge is 2.30. The van der Waals surface area contributed by atoms with Crippen molar-refractivity contribution in [2.24, 2.45) is 0 Å². The summed E-state index contributed by atoms with van der Waals surface area (Å²) in [6, 6.07) is 3.49. The Labute approximate surface area is 99.6 Å². The second kappa shape index (κ2) is 4.87. The zero-order valence-electron chi connectivity index (χ0n) is 9.56. The number of aliphatic hydroxyl groups excluding tert-OH is 1. The smallest absolute Gasteiger partial charge is 0.423 e. The Hall–Kier alpha value is -1.37. The van der Waals surface area contributed by atoms with Crippen molar-refractivity contribution in [1.29, 1.82) is 0 Å². The van der Waals surface area contributed by atoms with Gasteiger partial charge in [0.1, 0.15) is 0 Å². The van der Waals surface area contributed by atoms with Crippen LogP contribution in [0.1, 0.15) is 21.5 Å². The summed E-state index contributed by atoms with van der Waals surface area (Å²) in [6.07, 6.45) is 0. The van der Waals surface area contributed by atoms with Crippen LogP contribution in [0, 0.1) is 6.92 Å². The Morgan fingerprint density at radius 3 is 3.06 bits per heavy atom. The summed E-state index contributed by atoms with van der Waals surface area (Å²) in [6.45, 7) is 2.27. The molecule has 2 rings (SSSR count). The van der Waals surface area contributed by atoms with E-state index in [1.165, 1.54) is 0 Å². The van der Waals surface area contributed by atoms with E-state index in [9.17, 15) is 9.82 Å². The highest BCUT2D eigenvalue weighted by Crippen LogP contribution is 2.16. The molecule has 0 unspecified atom stereocenters. The van der Waals surface area contributed by atoms with Crippen LogP contribution in [0.3, 0.4) is 0 Å². The lowest BCUT2D eigenvalue weighted by Crippen LogP contribution is -2.34. The number of aliphatic hydroxyl groups is 1. The lowest BCUT2D eigenvalue weighted by Gasteiger charge is -2.10. The van der Waals surface area contributed by atoms with E-state index >= 15 is 0 Å². The molecule has 0 aliphatic carbocycles. The number of rotatable bonds is 3. The fourth-order valence-electron chi connectivity index (χ4n) is 2.02. The summed E-state index contributed by atoms with van der Waals surface area (Å²) >= 11 is 0. The van der Waals surface area contributed by atoms with E-state index in [-0.39, 0.29) is 19.1 Å². The van der Waals surface area contributed by atoms with Crippen LogP contribution in [-0.2, 0) is 11.3 Å². The van der Waals surface area contributed by atoms with Crippen LogP contribution in [0.25, 0.3) is 0 Å². The second-order valence-electron chi connectivity index (χ2n) is 3.95. The Kier molecular flexibility index (Phi) is 3.47. The zero-order valence-corrected chi connectivity index (χ0v) is 9.56. The first-order valence-electron chi connectivity index (χ1n) is 5.46. The maximum atomic E-state index is 11.8. The SMILES string of the molecule is Cc1c(C(=O)NCCO)ccc2c1B(O)OC2. The first-order valence-corrected chi connectivity index (χ1v) is 5.46. The van der Waals surface area contributed by atoms with Gasteiger partial charge in [0.05, 0.1) is 13.2 Å². The summed E-state index contributed by atoms with van der Waals surface area (Å²) in [5.74, 6) is -0.251. The minimum absolute atomic E-state index is 0.0958. The lowest BCUT2D eigenvalue weighted by molar-refractivity contribution is 0.0944. The number of benzene rings is 1. The van der Waals surface area contributed by atoms with E-state index in [1.54, 1.807) is 19.1 Å². The van der Waals surface area contributed by atoms with Crippen LogP contribution in [0.2, 0.25) is 0 Å². The molecule has 0 saturated heterocycles. The van der Waals surface area contributed by atoms with Crippen molar-refractivity contribution in [3.05, 3.63) is 28.8 Å². The normalized spacial score (nSPS) is 13.7. The van der Waals surface area contributed by atoms with E-state index < -0.39 is 7.12 Å². The van der Waals surface area contributed by atoms with E-state index in [1.807, 2.05) is 0 Å². The lowest BCUT2D eigenvalue weighted by atomic mass is 9.75. The van der Waals surface area contributed by atoms with Crippen molar-refractivity contribution >= 4 is 18.5 Å². The molecule has 1 aromatic carbocycles. The molecule has 0 fully saturated rings. The van der Waals surface area contributed by atoms with E-state index in [0.29, 0.717) is 17.6 Å². The zero-order chi connectivity index (χ0) is 12.4. The third-order valence-corrected chi connectivity index (χ3v) is 2.89. The number of amides is 1. The van der Waals surface area contributed by atoms with Crippen molar-refractivity contribution in [2.75, 3.05) is 13.2 Å². The molecule has 17 heavy (non-hydrogen) atoms. The molecule has 90 valence electrons. The quantitative estimate of drug-likeness (QED) is 0.583. The molecule has 3 N–H and O–H groups in total. The molecule has 1 aliphatic rings. The maximum Gasteiger partial charge on any atom is 0.492 e. The van der Waals surface area contributed by atoms with E-state index in [2.05, 4.69) is 5.32 Å². The predicted octanol–water partition coefficient (Wildman–Crippen LogP) is -1.07. The molecular formula is C11H14BNO4. The summed E-state index contributed by atoms with van der Waals surface area (Å²) < 4.78 is 5.10. The maximum absolute atomic E-state index is 11.8. The first-order chi connectivity index (χ1) is 8.15. The third kappa shape index (κ3) is 2.19. The predicted molar refractivity (Wildman–Crippen MR) is 63.0 cm³/mol. The molecule has 0 radical (unpaired) electrons. The molecule has 0 bridgehead atoms. The standard InChI is InChI=1S/C11H14BNO4/c1-7-9(11(15)13-4-5-14)3-2-8-6-17-12(16)10(7)8/h2-3,14,16H,4-6H2,1H3,(H,13,15). The van der Waals surface area contributed by atoms with Gasteiger partial charge in [0.2, 0.25) is 0 Å². The van der Waals surface area contributed by atoms with Gasteiger partial charge >= 0.3 is 7.12 Å². The summed E-state index contributed by atoms with van der Waals surface area (Å²) in [7, 11) is -0.949. The molecule has 1 aromatic rings. The third-order valence-electron chi connectivity index (χ3n) is 2.89. The number of carbonyl (C=O) groups excluding carboxylic acids is 1. The molecule has 0 saturated carbocycles. The van der Waals surface area contributed by atoms with Crippen LogP contribution < -0.4 is 10.8 Å².